The summed E-state index contributed by atoms with van der Waals surface area (Å²) in [6.45, 7) is 0. The summed E-state index contributed by atoms with van der Waals surface area (Å²) in [6.07, 6.45) is 0. The lowest BCUT2D eigenvalue weighted by Crippen LogP contribution is -2.13. The third-order valence-electron chi connectivity index (χ3n) is 11.6. The Morgan fingerprint density at radius 3 is 1.47 bits per heavy atom. The van der Waals surface area contributed by atoms with Gasteiger partial charge in [0.15, 0.2) is 0 Å². The van der Waals surface area contributed by atoms with E-state index >= 15 is 0 Å². The molecule has 2 heteroatoms. The minimum atomic E-state index is 1.09. The molecule has 0 aliphatic carbocycles. The molecule has 0 saturated carbocycles. The number of hydrogen-bond acceptors (Lipinski definition) is 1. The zero-order chi connectivity index (χ0) is 38.4. The van der Waals surface area contributed by atoms with Gasteiger partial charge in [-0.3, -0.25) is 0 Å². The molecule has 0 aliphatic rings. The molecular weight excluding hydrogens is 701 g/mol. The van der Waals surface area contributed by atoms with Gasteiger partial charge < -0.3 is 9.47 Å². The van der Waals surface area contributed by atoms with Crippen LogP contribution in [-0.4, -0.2) is 4.57 Å². The van der Waals surface area contributed by atoms with Gasteiger partial charge in [-0.05, 0) is 74.6 Å². The van der Waals surface area contributed by atoms with Gasteiger partial charge in [0.25, 0.3) is 0 Å². The van der Waals surface area contributed by atoms with Crippen molar-refractivity contribution in [2.75, 3.05) is 4.90 Å². The minimum Gasteiger partial charge on any atom is -0.309 e. The molecule has 0 radical (unpaired) electrons. The molecule has 11 aromatic rings. The van der Waals surface area contributed by atoms with E-state index in [1.54, 1.807) is 0 Å². The number of hydrogen-bond donors (Lipinski definition) is 0. The van der Waals surface area contributed by atoms with Gasteiger partial charge in [-0.2, -0.15) is 0 Å². The van der Waals surface area contributed by atoms with Gasteiger partial charge in [-0.25, -0.2) is 0 Å². The van der Waals surface area contributed by atoms with Gasteiger partial charge in [0.1, 0.15) is 0 Å². The third kappa shape index (κ3) is 5.50. The lowest BCUT2D eigenvalue weighted by atomic mass is 9.89. The van der Waals surface area contributed by atoms with Crippen LogP contribution >= 0.6 is 0 Å². The Kier molecular flexibility index (Phi) is 8.19. The van der Waals surface area contributed by atoms with E-state index in [9.17, 15) is 0 Å². The monoisotopic (exact) mass is 738 g/mol. The van der Waals surface area contributed by atoms with Crippen molar-refractivity contribution in [2.45, 2.75) is 0 Å². The van der Waals surface area contributed by atoms with Crippen LogP contribution in [0.5, 0.6) is 0 Å². The number of para-hydroxylation sites is 4. The molecule has 0 aliphatic heterocycles. The Morgan fingerprint density at radius 1 is 0.310 bits per heavy atom. The quantitative estimate of drug-likeness (QED) is 0.158. The number of benzene rings is 10. The van der Waals surface area contributed by atoms with Crippen LogP contribution in [0.4, 0.5) is 17.1 Å². The highest BCUT2D eigenvalue weighted by molar-refractivity contribution is 6.18. The first-order valence-electron chi connectivity index (χ1n) is 19.9. The number of aromatic nitrogens is 1. The SMILES string of the molecule is c1ccc(-c2ccccc2-n2c3ccccc3c3c(N(c4ccccc4)c4c(-c5cccc6ccccc56)cccc4-c4cccc5ccccc45)cccc32)cc1. The van der Waals surface area contributed by atoms with Crippen LogP contribution in [0.3, 0.4) is 0 Å². The predicted octanol–water partition coefficient (Wildman–Crippen LogP) is 15.6. The lowest BCUT2D eigenvalue weighted by molar-refractivity contribution is 1.18. The predicted molar refractivity (Wildman–Crippen MR) is 247 cm³/mol. The molecule has 0 fully saturated rings. The van der Waals surface area contributed by atoms with E-state index in [-0.39, 0.29) is 0 Å². The molecule has 0 spiro atoms. The van der Waals surface area contributed by atoms with Crippen molar-refractivity contribution in [3.63, 3.8) is 0 Å². The van der Waals surface area contributed by atoms with Gasteiger partial charge in [0.2, 0.25) is 0 Å². The normalized spacial score (nSPS) is 11.4. The maximum atomic E-state index is 2.52. The molecule has 0 bridgehead atoms. The fourth-order valence-corrected chi connectivity index (χ4v) is 9.08. The van der Waals surface area contributed by atoms with E-state index < -0.39 is 0 Å². The third-order valence-corrected chi connectivity index (χ3v) is 11.6. The second-order valence-corrected chi connectivity index (χ2v) is 14.8. The number of fused-ring (bicyclic) bond motifs is 5. The molecule has 1 heterocycles. The van der Waals surface area contributed by atoms with Crippen molar-refractivity contribution in [1.29, 1.82) is 0 Å². The second kappa shape index (κ2) is 14.1. The summed E-state index contributed by atoms with van der Waals surface area (Å²) in [4.78, 5) is 2.52. The average Bonchev–Trinajstić information content (AvgIpc) is 3.64. The van der Waals surface area contributed by atoms with Crippen LogP contribution in [0.2, 0.25) is 0 Å². The molecule has 0 saturated heterocycles. The van der Waals surface area contributed by atoms with E-state index in [1.165, 1.54) is 65.7 Å². The standard InChI is InChI=1S/C56H38N2/c1-3-19-41(20-4-1)45-29-11-13-35-51(45)58-52-36-14-12-30-50(52)55-53(37-18-38-54(55)58)57(42-25-5-2-6-26-42)56-48(46-31-15-23-39-21-7-9-27-43(39)46)33-17-34-49(56)47-32-16-24-40-22-8-10-28-44(40)47/h1-38H. The molecule has 0 unspecified atom stereocenters. The van der Waals surface area contributed by atoms with Crippen LogP contribution in [0, 0.1) is 0 Å². The van der Waals surface area contributed by atoms with E-state index in [0.717, 1.165) is 33.8 Å². The summed E-state index contributed by atoms with van der Waals surface area (Å²) in [5, 5.41) is 7.28. The molecule has 272 valence electrons. The van der Waals surface area contributed by atoms with E-state index in [2.05, 4.69) is 240 Å². The van der Waals surface area contributed by atoms with Gasteiger partial charge in [0, 0.05) is 33.2 Å². The molecule has 11 rings (SSSR count). The largest absolute Gasteiger partial charge is 0.309 e. The van der Waals surface area contributed by atoms with Gasteiger partial charge in [0.05, 0.1) is 28.1 Å². The highest BCUT2D eigenvalue weighted by atomic mass is 15.2. The van der Waals surface area contributed by atoms with Crippen molar-refractivity contribution in [3.8, 4) is 39.1 Å². The Morgan fingerprint density at radius 2 is 0.776 bits per heavy atom. The van der Waals surface area contributed by atoms with Crippen molar-refractivity contribution in [2.24, 2.45) is 0 Å². The molecule has 10 aromatic carbocycles. The lowest BCUT2D eigenvalue weighted by Gasteiger charge is -2.31. The van der Waals surface area contributed by atoms with E-state index in [1.807, 2.05) is 0 Å². The van der Waals surface area contributed by atoms with Crippen molar-refractivity contribution in [1.82, 2.24) is 4.57 Å². The van der Waals surface area contributed by atoms with E-state index in [0.29, 0.717) is 0 Å². The van der Waals surface area contributed by atoms with Crippen LogP contribution < -0.4 is 4.90 Å². The summed E-state index contributed by atoms with van der Waals surface area (Å²) < 4.78 is 2.46. The van der Waals surface area contributed by atoms with Crippen molar-refractivity contribution < 1.29 is 0 Å². The second-order valence-electron chi connectivity index (χ2n) is 14.8. The molecule has 2 nitrogen and oxygen atoms in total. The fraction of sp³-hybridized carbons (Fsp3) is 0. The number of rotatable bonds is 7. The smallest absolute Gasteiger partial charge is 0.0619 e. The molecule has 0 N–H and O–H groups in total. The van der Waals surface area contributed by atoms with Crippen LogP contribution in [0.25, 0.3) is 82.4 Å². The van der Waals surface area contributed by atoms with Crippen LogP contribution in [0.15, 0.2) is 231 Å². The maximum absolute atomic E-state index is 2.52. The highest BCUT2D eigenvalue weighted by Crippen LogP contribution is 2.51. The summed E-state index contributed by atoms with van der Waals surface area (Å²) in [7, 11) is 0. The Hall–Kier alpha value is -7.68. The average molecular weight is 739 g/mol. The van der Waals surface area contributed by atoms with Gasteiger partial charge >= 0.3 is 0 Å². The first-order chi connectivity index (χ1) is 28.8. The first-order valence-corrected chi connectivity index (χ1v) is 19.9. The summed E-state index contributed by atoms with van der Waals surface area (Å²) in [5.74, 6) is 0. The molecule has 0 atom stereocenters. The molecular formula is C56H38N2. The maximum Gasteiger partial charge on any atom is 0.0619 e. The molecule has 58 heavy (non-hydrogen) atoms. The minimum absolute atomic E-state index is 1.09. The Bertz CT molecular complexity index is 3180. The van der Waals surface area contributed by atoms with Gasteiger partial charge in [-0.1, -0.05) is 194 Å². The zero-order valence-electron chi connectivity index (χ0n) is 31.8. The van der Waals surface area contributed by atoms with Crippen LogP contribution in [-0.2, 0) is 0 Å². The number of anilines is 3. The Labute approximate surface area is 338 Å². The van der Waals surface area contributed by atoms with E-state index in [4.69, 9.17) is 0 Å². The van der Waals surface area contributed by atoms with Crippen molar-refractivity contribution >= 4 is 60.4 Å². The zero-order valence-corrected chi connectivity index (χ0v) is 31.8. The number of nitrogens with zero attached hydrogens (tertiary/aromatic N) is 2. The topological polar surface area (TPSA) is 8.17 Å². The summed E-state index contributed by atoms with van der Waals surface area (Å²) in [6, 6.07) is 83.8. The summed E-state index contributed by atoms with van der Waals surface area (Å²) >= 11 is 0. The summed E-state index contributed by atoms with van der Waals surface area (Å²) in [5.41, 5.74) is 13.9. The van der Waals surface area contributed by atoms with Crippen LogP contribution in [0.1, 0.15) is 0 Å². The van der Waals surface area contributed by atoms with Gasteiger partial charge in [-0.15, -0.1) is 0 Å². The first kappa shape index (κ1) is 33.6. The molecule has 0 amide bonds. The van der Waals surface area contributed by atoms with Crippen molar-refractivity contribution in [3.05, 3.63) is 231 Å². The molecule has 1 aromatic heterocycles. The fourth-order valence-electron chi connectivity index (χ4n) is 9.08. The highest BCUT2D eigenvalue weighted by Gasteiger charge is 2.27. The Balaban J connectivity index is 1.28.